The first kappa shape index (κ1) is 73.2. The van der Waals surface area contributed by atoms with Crippen LogP contribution in [0.1, 0.15) is 154 Å². The van der Waals surface area contributed by atoms with Crippen molar-refractivity contribution < 1.29 is 57.8 Å². The Hall–Kier alpha value is -6.05. The highest BCUT2D eigenvalue weighted by Crippen LogP contribution is 2.46. The van der Waals surface area contributed by atoms with Crippen LogP contribution in [0.2, 0.25) is 0 Å². The lowest BCUT2D eigenvalue weighted by atomic mass is 9.95. The number of carbonyl (C=O) groups is 3. The molecule has 0 radical (unpaired) electrons. The summed E-state index contributed by atoms with van der Waals surface area (Å²) in [7, 11) is 3.75. The average Bonchev–Trinajstić information content (AvgIpc) is 4.54. The average molecular weight is 1260 g/mol. The smallest absolute Gasteiger partial charge is 0.437 e. The summed E-state index contributed by atoms with van der Waals surface area (Å²) in [6.45, 7) is 23.9. The highest BCUT2D eigenvalue weighted by Gasteiger charge is 2.32. The molecule has 0 unspecified atom stereocenters. The van der Waals surface area contributed by atoms with Crippen molar-refractivity contribution >= 4 is 62.8 Å². The molecule has 85 heavy (non-hydrogen) atoms. The second kappa shape index (κ2) is 38.2. The van der Waals surface area contributed by atoms with Crippen LogP contribution in [-0.2, 0) is 14.2 Å². The van der Waals surface area contributed by atoms with Crippen molar-refractivity contribution in [3.8, 4) is 17.2 Å². The van der Waals surface area contributed by atoms with Gasteiger partial charge in [0.2, 0.25) is 0 Å². The van der Waals surface area contributed by atoms with E-state index in [0.29, 0.717) is 27.5 Å². The van der Waals surface area contributed by atoms with E-state index in [0.717, 1.165) is 152 Å². The number of methoxy groups -OCH3 is 3. The lowest BCUT2D eigenvalue weighted by Gasteiger charge is -2.36. The van der Waals surface area contributed by atoms with Crippen LogP contribution in [0.5, 0.6) is 17.2 Å². The minimum absolute atomic E-state index is 0. The fraction of sp³-hybridized carbons (Fsp3) is 0.656. The van der Waals surface area contributed by atoms with Gasteiger partial charge in [-0.2, -0.15) is 0 Å². The van der Waals surface area contributed by atoms with Gasteiger partial charge in [0.05, 0.1) is 59.2 Å². The van der Waals surface area contributed by atoms with Crippen molar-refractivity contribution in [3.05, 3.63) is 77.8 Å². The van der Waals surface area contributed by atoms with Crippen molar-refractivity contribution in [2.24, 2.45) is 0 Å². The number of nitrogens with one attached hydrogen (secondary N) is 1. The molecule has 3 aliphatic carbocycles. The van der Waals surface area contributed by atoms with E-state index in [1.807, 2.05) is 6.07 Å². The molecule has 3 aromatic rings. The van der Waals surface area contributed by atoms with Gasteiger partial charge < -0.3 is 69.1 Å². The Morgan fingerprint density at radius 3 is 1.20 bits per heavy atom. The minimum atomic E-state index is -0.874. The van der Waals surface area contributed by atoms with Crippen molar-refractivity contribution in [3.63, 3.8) is 0 Å². The number of nitrogens with zero attached hydrogens (tertiary/aromatic N) is 7. The van der Waals surface area contributed by atoms with Crippen molar-refractivity contribution in [2.45, 2.75) is 137 Å². The summed E-state index contributed by atoms with van der Waals surface area (Å²) in [5.74, 6) is 1.94. The summed E-state index contributed by atoms with van der Waals surface area (Å²) >= 11 is 3.20. The summed E-state index contributed by atoms with van der Waals surface area (Å²) in [6, 6.07) is 10.2. The molecular weight excluding hydrogens is 1160 g/mol. The number of ether oxygens (including phenoxy) is 6. The number of nitro benzene ring substituents is 2. The Morgan fingerprint density at radius 1 is 0.541 bits per heavy atom. The van der Waals surface area contributed by atoms with Crippen molar-refractivity contribution in [1.82, 2.24) is 20.0 Å². The number of nitrogens with two attached hydrogens (primary N) is 1. The third-order valence-corrected chi connectivity index (χ3v) is 16.8. The molecule has 4 N–H and O–H groups in total. The van der Waals surface area contributed by atoms with E-state index in [2.05, 4.69) is 86.8 Å². The zero-order valence-corrected chi connectivity index (χ0v) is 51.4. The Morgan fingerprint density at radius 2 is 0.859 bits per heavy atom. The predicted molar refractivity (Wildman–Crippen MR) is 337 cm³/mol. The van der Waals surface area contributed by atoms with E-state index in [9.17, 15) is 34.6 Å². The van der Waals surface area contributed by atoms with Crippen LogP contribution < -0.4 is 35.1 Å². The first-order chi connectivity index (χ1) is 40.0. The Labute approximate surface area is 512 Å². The van der Waals surface area contributed by atoms with E-state index in [4.69, 9.17) is 25.1 Å². The molecule has 6 fully saturated rings. The highest BCUT2D eigenvalue weighted by molar-refractivity contribution is 9.10. The van der Waals surface area contributed by atoms with Gasteiger partial charge in [0.15, 0.2) is 0 Å². The molecule has 0 aromatic heterocycles. The summed E-state index contributed by atoms with van der Waals surface area (Å²) < 4.78 is 29.9. The monoisotopic (exact) mass is 1260 g/mol. The minimum Gasteiger partial charge on any atom is -0.437 e. The number of hydrogen-bond acceptors (Lipinski definition) is 21. The number of aliphatic hydroxyl groups is 1. The molecule has 3 saturated carbocycles. The highest BCUT2D eigenvalue weighted by atomic mass is 79.9. The predicted octanol–water partition coefficient (Wildman–Crippen LogP) is 12.1. The Balaban J connectivity index is 0.000000305. The van der Waals surface area contributed by atoms with Gasteiger partial charge >= 0.3 is 18.5 Å². The Bertz CT molecular complexity index is 2540. The topological polar surface area (TPSA) is 267 Å². The molecule has 0 amide bonds. The molecular formula is C61H98BrN9O14. The molecule has 0 spiro atoms. The lowest BCUT2D eigenvalue weighted by Crippen LogP contribution is -2.46. The first-order valence-electron chi connectivity index (χ1n) is 29.5. The Kier molecular flexibility index (Phi) is 32.9. The van der Waals surface area contributed by atoms with Crippen LogP contribution in [0, 0.1) is 20.2 Å². The number of nitrogen functional groups attached to an aromatic ring is 1. The molecule has 0 bridgehead atoms. The largest absolute Gasteiger partial charge is 0.513 e. The number of hydrogen-bond donors (Lipinski definition) is 3. The van der Waals surface area contributed by atoms with E-state index >= 15 is 0 Å². The maximum Gasteiger partial charge on any atom is 0.513 e. The quantitative estimate of drug-likeness (QED) is 0.0358. The number of aliphatic hydroxyl groups excluding tert-OH is 1. The number of rotatable bonds is 13. The molecule has 3 saturated heterocycles. The first-order valence-corrected chi connectivity index (χ1v) is 30.3. The van der Waals surface area contributed by atoms with Crippen LogP contribution in [0.3, 0.4) is 0 Å². The number of anilines is 3. The van der Waals surface area contributed by atoms with Crippen LogP contribution >= 0.6 is 15.9 Å². The second-order valence-electron chi connectivity index (χ2n) is 21.1. The van der Waals surface area contributed by atoms with Crippen LogP contribution in [0.4, 0.5) is 42.8 Å². The summed E-state index contributed by atoms with van der Waals surface area (Å²) in [6.07, 6.45) is 10.7. The van der Waals surface area contributed by atoms with Crippen LogP contribution in [-0.4, -0.2) is 174 Å². The van der Waals surface area contributed by atoms with E-state index in [1.165, 1.54) is 79.0 Å². The number of carbonyl (C=O) groups excluding carboxylic acids is 3. The summed E-state index contributed by atoms with van der Waals surface area (Å²) in [4.78, 5) is 68.0. The SMILES string of the molecule is C.C.CCN1CCN(c2cc(C3CCCC3)c(OC(=O)OC)cc2N)CC1.CCN1CCN(c2cc(C3CCCC3)c(OC(=O)OC)cc2[N+](=O)[O-])CC1.CCN1CCNCC1.CCO.COC(=O)Oc1cc([N+](=O)[O-])c(Br)cc1C1CCCC1. The van der Waals surface area contributed by atoms with Gasteiger partial charge in [-0.3, -0.25) is 20.2 Å². The molecule has 6 aliphatic rings. The third kappa shape index (κ3) is 22.0. The maximum absolute atomic E-state index is 11.7. The summed E-state index contributed by atoms with van der Waals surface area (Å²) in [5, 5.41) is 33.6. The fourth-order valence-corrected chi connectivity index (χ4v) is 12.0. The van der Waals surface area contributed by atoms with E-state index < -0.39 is 28.3 Å². The fourth-order valence-electron chi connectivity index (χ4n) is 11.5. The molecule has 3 heterocycles. The van der Waals surface area contributed by atoms with Gasteiger partial charge in [-0.05, 0) is 123 Å². The number of likely N-dealkylation sites (N-methyl/N-ethyl adjacent to an activating group) is 3. The van der Waals surface area contributed by atoms with Gasteiger partial charge in [-0.15, -0.1) is 0 Å². The molecule has 3 aliphatic heterocycles. The molecule has 9 rings (SSSR count). The van der Waals surface area contributed by atoms with Gasteiger partial charge in [-0.1, -0.05) is 74.1 Å². The van der Waals surface area contributed by atoms with Crippen LogP contribution in [0.15, 0.2) is 40.9 Å². The molecule has 3 aromatic carbocycles. The standard InChI is InChI=1S/C19H27N3O5.C19H29N3O3.C13H14BrNO5.C6H14N2.C2H6O.2CH4/c1-3-20-8-10-21(11-9-20)16-12-15(14-6-4-5-7-14)18(27-19(23)26-2)13-17(16)22(24)25;1-3-21-8-10-22(11-9-21)17-12-15(14-6-4-5-7-14)18(13-16(17)20)25-19(23)24-2;1-19-13(16)20-12-7-11(15(17)18)10(14)6-9(12)8-4-2-3-5-8;1-2-8-5-3-7-4-6-8;1-2-3;;/h12-14H,3-11H2,1-2H3;12-14H,3-11,20H2,1-2H3;6-8H,2-5H2,1H3;7H,2-6H2,1H3;3H,2H2,1H3;2*1H4. The van der Waals surface area contributed by atoms with Gasteiger partial charge in [0, 0.05) is 102 Å². The number of halogens is 1. The van der Waals surface area contributed by atoms with Gasteiger partial charge in [-0.25, -0.2) is 14.4 Å². The summed E-state index contributed by atoms with van der Waals surface area (Å²) in [5.41, 5.74) is 11.3. The number of nitro groups is 2. The lowest BCUT2D eigenvalue weighted by molar-refractivity contribution is -0.385. The van der Waals surface area contributed by atoms with Crippen molar-refractivity contribution in [2.75, 3.05) is 142 Å². The third-order valence-electron chi connectivity index (χ3n) is 16.2. The van der Waals surface area contributed by atoms with E-state index in [1.54, 1.807) is 19.1 Å². The second-order valence-corrected chi connectivity index (χ2v) is 22.0. The zero-order valence-electron chi connectivity index (χ0n) is 49.8. The zero-order chi connectivity index (χ0) is 60.4. The maximum atomic E-state index is 11.7. The molecule has 478 valence electrons. The molecule has 23 nitrogen and oxygen atoms in total. The number of piperazine rings is 3. The van der Waals surface area contributed by atoms with Gasteiger partial charge in [0.25, 0.3) is 11.4 Å². The normalized spacial score (nSPS) is 17.5. The number of benzene rings is 3. The van der Waals surface area contributed by atoms with Crippen LogP contribution in [0.25, 0.3) is 0 Å². The van der Waals surface area contributed by atoms with Crippen molar-refractivity contribution in [1.29, 1.82) is 0 Å². The molecule has 0 atom stereocenters. The van der Waals surface area contributed by atoms with E-state index in [-0.39, 0.29) is 56.2 Å². The molecule has 24 heteroatoms. The van der Waals surface area contributed by atoms with Gasteiger partial charge in [0.1, 0.15) is 22.9 Å².